The highest BCUT2D eigenvalue weighted by Crippen LogP contribution is 2.48. The van der Waals surface area contributed by atoms with Gasteiger partial charge in [-0.3, -0.25) is 4.79 Å². The molecular formula is C25H19ClFN3O2S. The Morgan fingerprint density at radius 2 is 1.91 bits per heavy atom. The van der Waals surface area contributed by atoms with Crippen LogP contribution in [0.25, 0.3) is 32.8 Å². The molecule has 0 saturated carbocycles. The number of aldehydes is 1. The van der Waals surface area contributed by atoms with Crippen LogP contribution >= 0.6 is 23.1 Å². The second-order valence-electron chi connectivity index (χ2n) is 8.88. The van der Waals surface area contributed by atoms with Gasteiger partial charge in [0.15, 0.2) is 5.82 Å². The predicted octanol–water partition coefficient (Wildman–Crippen LogP) is 5.45. The number of anilines is 1. The van der Waals surface area contributed by atoms with Gasteiger partial charge in [-0.2, -0.15) is 4.37 Å². The Balaban J connectivity index is 1.35. The molecule has 1 aromatic heterocycles. The summed E-state index contributed by atoms with van der Waals surface area (Å²) in [5.74, 6) is -0.415. The van der Waals surface area contributed by atoms with E-state index >= 15 is 4.39 Å². The Labute approximate surface area is 198 Å². The van der Waals surface area contributed by atoms with E-state index in [-0.39, 0.29) is 16.7 Å². The third-order valence-electron chi connectivity index (χ3n) is 6.55. The molecule has 166 valence electrons. The summed E-state index contributed by atoms with van der Waals surface area (Å²) in [7, 11) is 0. The van der Waals surface area contributed by atoms with Crippen molar-refractivity contribution in [3.05, 3.63) is 65.6 Å². The van der Waals surface area contributed by atoms with E-state index < -0.39 is 5.82 Å². The van der Waals surface area contributed by atoms with Gasteiger partial charge in [0.05, 0.1) is 5.02 Å². The van der Waals surface area contributed by atoms with Crippen LogP contribution in [-0.2, 0) is 4.79 Å². The van der Waals surface area contributed by atoms with Crippen molar-refractivity contribution >= 4 is 56.1 Å². The topological polar surface area (TPSA) is 56.7 Å². The van der Waals surface area contributed by atoms with Crippen LogP contribution in [0.5, 0.6) is 5.75 Å². The largest absolute Gasteiger partial charge is 0.508 e. The maximum Gasteiger partial charge on any atom is 0.159 e. The van der Waals surface area contributed by atoms with Crippen molar-refractivity contribution in [3.8, 4) is 16.9 Å². The number of halogens is 2. The predicted molar refractivity (Wildman–Crippen MR) is 131 cm³/mol. The van der Waals surface area contributed by atoms with E-state index in [0.717, 1.165) is 48.2 Å². The van der Waals surface area contributed by atoms with Crippen molar-refractivity contribution < 1.29 is 14.3 Å². The van der Waals surface area contributed by atoms with Crippen LogP contribution < -0.4 is 4.90 Å². The zero-order valence-electron chi connectivity index (χ0n) is 17.5. The summed E-state index contributed by atoms with van der Waals surface area (Å²) in [6.07, 6.45) is 4.12. The fraction of sp³-hybridized carbons (Fsp3) is 0.200. The molecule has 1 spiro atoms. The number of benzene rings is 3. The molecule has 0 atom stereocenters. The van der Waals surface area contributed by atoms with Crippen molar-refractivity contribution in [2.24, 2.45) is 5.41 Å². The number of hydrogen-bond donors (Lipinski definition) is 1. The van der Waals surface area contributed by atoms with E-state index in [1.807, 2.05) is 30.5 Å². The lowest BCUT2D eigenvalue weighted by Gasteiger charge is -2.60. The average Bonchev–Trinajstić information content (AvgIpc) is 3.15. The van der Waals surface area contributed by atoms with Gasteiger partial charge in [0.25, 0.3) is 0 Å². The number of fused-ring (bicyclic) bond motifs is 2. The van der Waals surface area contributed by atoms with Crippen LogP contribution in [0.4, 0.5) is 9.39 Å². The number of likely N-dealkylation sites (tertiary alicyclic amines) is 1. The molecule has 2 fully saturated rings. The van der Waals surface area contributed by atoms with Gasteiger partial charge in [-0.05, 0) is 52.1 Å². The zero-order valence-corrected chi connectivity index (χ0v) is 19.0. The number of aromatic hydroxyl groups is 1. The molecule has 0 aliphatic carbocycles. The average molecular weight is 480 g/mol. The van der Waals surface area contributed by atoms with Crippen LogP contribution in [0.15, 0.2) is 54.7 Å². The number of phenols is 1. The summed E-state index contributed by atoms with van der Waals surface area (Å²) in [5.41, 5.74) is 1.31. The molecule has 2 aliphatic rings. The van der Waals surface area contributed by atoms with E-state index in [9.17, 15) is 9.90 Å². The number of carbonyl (C=O) groups excluding carboxylic acids is 1. The first-order valence-electron chi connectivity index (χ1n) is 10.6. The Hall–Kier alpha value is -3.16. The van der Waals surface area contributed by atoms with Crippen LogP contribution in [-0.4, -0.2) is 46.8 Å². The smallest absolute Gasteiger partial charge is 0.159 e. The normalized spacial score (nSPS) is 17.2. The SMILES string of the molecule is O=CC=CN1CC2(C1)CN(c1snc3c(F)c(-c4cc(O)cc5ccccc45)c(Cl)cc13)C2. The quantitative estimate of drug-likeness (QED) is 0.311. The van der Waals surface area contributed by atoms with Crippen LogP contribution in [0.3, 0.4) is 0 Å². The molecule has 6 rings (SSSR count). The molecule has 1 N–H and O–H groups in total. The number of carbonyl (C=O) groups is 1. The van der Waals surface area contributed by atoms with Crippen molar-refractivity contribution in [1.82, 2.24) is 9.27 Å². The number of allylic oxidation sites excluding steroid dienone is 1. The van der Waals surface area contributed by atoms with Crippen molar-refractivity contribution in [1.29, 1.82) is 0 Å². The Bertz CT molecular complexity index is 1450. The molecule has 2 saturated heterocycles. The van der Waals surface area contributed by atoms with E-state index in [4.69, 9.17) is 11.6 Å². The molecule has 0 radical (unpaired) electrons. The standard InChI is InChI=1S/C25H19ClFN3O2S/c26-20-10-19-23(22(27)21(20)18-9-16(32)8-15-4-1-2-5-17(15)18)28-33-24(19)30-13-25(14-30)11-29(12-25)6-3-7-31/h1-10,32H,11-14H2. The molecule has 8 heteroatoms. The van der Waals surface area contributed by atoms with Crippen molar-refractivity contribution in [3.63, 3.8) is 0 Å². The first-order valence-corrected chi connectivity index (χ1v) is 11.7. The van der Waals surface area contributed by atoms with Gasteiger partial charge < -0.3 is 14.9 Å². The maximum atomic E-state index is 15.8. The third-order valence-corrected chi connectivity index (χ3v) is 7.78. The zero-order chi connectivity index (χ0) is 22.7. The molecular weight excluding hydrogens is 461 g/mol. The summed E-state index contributed by atoms with van der Waals surface area (Å²) in [6.45, 7) is 3.56. The van der Waals surface area contributed by atoms with Gasteiger partial charge in [-0.15, -0.1) is 0 Å². The van der Waals surface area contributed by atoms with Crippen molar-refractivity contribution in [2.75, 3.05) is 31.1 Å². The molecule has 0 amide bonds. The molecule has 0 unspecified atom stereocenters. The minimum absolute atomic E-state index is 0.0571. The summed E-state index contributed by atoms with van der Waals surface area (Å²) in [4.78, 5) is 14.8. The van der Waals surface area contributed by atoms with E-state index in [1.54, 1.807) is 18.2 Å². The first kappa shape index (κ1) is 20.4. The van der Waals surface area contributed by atoms with Crippen LogP contribution in [0.1, 0.15) is 0 Å². The summed E-state index contributed by atoms with van der Waals surface area (Å²) < 4.78 is 20.2. The number of phenolic OH excluding ortho intramolecular Hbond substituents is 1. The van der Waals surface area contributed by atoms with Crippen LogP contribution in [0.2, 0.25) is 5.02 Å². The van der Waals surface area contributed by atoms with Crippen molar-refractivity contribution in [2.45, 2.75) is 0 Å². The Morgan fingerprint density at radius 3 is 2.70 bits per heavy atom. The van der Waals surface area contributed by atoms with Crippen LogP contribution in [0, 0.1) is 11.2 Å². The van der Waals surface area contributed by atoms with Gasteiger partial charge in [0.2, 0.25) is 0 Å². The molecule has 0 bridgehead atoms. The fourth-order valence-corrected chi connectivity index (χ4v) is 6.31. The molecule has 2 aliphatic heterocycles. The number of rotatable bonds is 4. The monoisotopic (exact) mass is 479 g/mol. The highest BCUT2D eigenvalue weighted by atomic mass is 35.5. The second kappa shape index (κ2) is 7.43. The highest BCUT2D eigenvalue weighted by molar-refractivity contribution is 7.11. The summed E-state index contributed by atoms with van der Waals surface area (Å²) in [6, 6.07) is 12.5. The van der Waals surface area contributed by atoms with Gasteiger partial charge >= 0.3 is 0 Å². The maximum absolute atomic E-state index is 15.8. The first-order chi connectivity index (χ1) is 16.0. The lowest BCUT2D eigenvalue weighted by atomic mass is 9.73. The minimum atomic E-state index is -0.472. The molecule has 5 nitrogen and oxygen atoms in total. The van der Waals surface area contributed by atoms with E-state index in [2.05, 4.69) is 14.2 Å². The van der Waals surface area contributed by atoms with Gasteiger partial charge in [-0.25, -0.2) is 4.39 Å². The van der Waals surface area contributed by atoms with E-state index in [0.29, 0.717) is 21.5 Å². The summed E-state index contributed by atoms with van der Waals surface area (Å²) >= 11 is 7.93. The molecule has 3 aromatic carbocycles. The lowest BCUT2D eigenvalue weighted by molar-refractivity contribution is -0.104. The van der Waals surface area contributed by atoms with Gasteiger partial charge in [0, 0.05) is 48.7 Å². The number of hydrogen-bond acceptors (Lipinski definition) is 6. The molecule has 33 heavy (non-hydrogen) atoms. The fourth-order valence-electron chi connectivity index (χ4n) is 5.16. The highest BCUT2D eigenvalue weighted by Gasteiger charge is 2.51. The van der Waals surface area contributed by atoms with Gasteiger partial charge in [0.1, 0.15) is 22.6 Å². The number of nitrogens with zero attached hydrogens (tertiary/aromatic N) is 3. The van der Waals surface area contributed by atoms with E-state index in [1.165, 1.54) is 17.6 Å². The molecule has 3 heterocycles. The van der Waals surface area contributed by atoms with Gasteiger partial charge in [-0.1, -0.05) is 35.9 Å². The Kier molecular flexibility index (Phi) is 4.61. The third kappa shape index (κ3) is 3.18. The Morgan fingerprint density at radius 1 is 1.12 bits per heavy atom. The number of aromatic nitrogens is 1. The summed E-state index contributed by atoms with van der Waals surface area (Å²) in [5, 5.41) is 13.8. The second-order valence-corrected chi connectivity index (χ2v) is 10.0. The minimum Gasteiger partial charge on any atom is -0.508 e. The lowest BCUT2D eigenvalue weighted by Crippen LogP contribution is -2.71. The molecule has 4 aromatic rings.